The predicted octanol–water partition coefficient (Wildman–Crippen LogP) is 1.34. The lowest BCUT2D eigenvalue weighted by molar-refractivity contribution is -0.139. The number of fused-ring (bicyclic) bond motifs is 1. The van der Waals surface area contributed by atoms with Crippen LogP contribution in [0.3, 0.4) is 0 Å². The fourth-order valence-electron chi connectivity index (χ4n) is 4.39. The zero-order chi connectivity index (χ0) is 24.6. The van der Waals surface area contributed by atoms with Gasteiger partial charge in [0.25, 0.3) is 17.7 Å². The minimum Gasteiger partial charge on any atom is -0.391 e. The average molecular weight is 471 g/mol. The number of H-pyrrole nitrogens is 1. The quantitative estimate of drug-likeness (QED) is 0.406. The standard InChI is InChI=1S/C24H27FN4O5/c1-12-19(10-17-16-9-14(25)3-4-18(16)28-22(17)32)27-13(2)21(12)23(33)26-7-5-20(31)24(34)29-8-6-15(30)11-29/h3-4,9-10,15,20,27,30-31H,5-8,11H2,1-2H3,(H,26,33)(H,28,32)/b17-10-/t15?,20-/m0/s1. The molecule has 0 bridgehead atoms. The Morgan fingerprint density at radius 1 is 1.35 bits per heavy atom. The van der Waals surface area contributed by atoms with Crippen LogP contribution in [0.5, 0.6) is 0 Å². The van der Waals surface area contributed by atoms with Gasteiger partial charge in [-0.15, -0.1) is 0 Å². The van der Waals surface area contributed by atoms with Crippen molar-refractivity contribution in [3.05, 3.63) is 52.1 Å². The summed E-state index contributed by atoms with van der Waals surface area (Å²) in [4.78, 5) is 41.9. The first kappa shape index (κ1) is 23.7. The van der Waals surface area contributed by atoms with E-state index in [-0.39, 0.29) is 31.3 Å². The number of aromatic nitrogens is 1. The van der Waals surface area contributed by atoms with Crippen LogP contribution < -0.4 is 10.6 Å². The van der Waals surface area contributed by atoms with Crippen molar-refractivity contribution in [3.8, 4) is 0 Å². The van der Waals surface area contributed by atoms with Crippen LogP contribution in [0.2, 0.25) is 0 Å². The van der Waals surface area contributed by atoms with Crippen LogP contribution in [0, 0.1) is 19.7 Å². The Bertz CT molecular complexity index is 1190. The number of amides is 3. The average Bonchev–Trinajstić information content (AvgIpc) is 3.43. The molecule has 2 aromatic rings. The van der Waals surface area contributed by atoms with Crippen molar-refractivity contribution in [2.45, 2.75) is 38.9 Å². The van der Waals surface area contributed by atoms with Gasteiger partial charge in [0.15, 0.2) is 0 Å². The number of aliphatic hydroxyl groups is 2. The number of carbonyl (C=O) groups excluding carboxylic acids is 3. The van der Waals surface area contributed by atoms with Crippen LogP contribution in [0.15, 0.2) is 18.2 Å². The van der Waals surface area contributed by atoms with Crippen molar-refractivity contribution in [2.24, 2.45) is 0 Å². The molecule has 34 heavy (non-hydrogen) atoms. The second kappa shape index (κ2) is 9.40. The van der Waals surface area contributed by atoms with E-state index in [0.29, 0.717) is 52.3 Å². The fourth-order valence-corrected chi connectivity index (χ4v) is 4.39. The molecule has 1 aromatic heterocycles. The van der Waals surface area contributed by atoms with E-state index in [4.69, 9.17) is 0 Å². The van der Waals surface area contributed by atoms with E-state index in [1.165, 1.54) is 23.1 Å². The zero-order valence-corrected chi connectivity index (χ0v) is 18.9. The molecule has 10 heteroatoms. The van der Waals surface area contributed by atoms with Gasteiger partial charge in [-0.05, 0) is 56.5 Å². The van der Waals surface area contributed by atoms with E-state index in [1.54, 1.807) is 19.9 Å². The summed E-state index contributed by atoms with van der Waals surface area (Å²) in [6, 6.07) is 4.06. The molecule has 1 fully saturated rings. The molecule has 1 aromatic carbocycles. The third-order valence-electron chi connectivity index (χ3n) is 6.22. The summed E-state index contributed by atoms with van der Waals surface area (Å²) in [6.07, 6.45) is 0.288. The Morgan fingerprint density at radius 2 is 2.12 bits per heavy atom. The molecule has 1 saturated heterocycles. The van der Waals surface area contributed by atoms with Crippen molar-refractivity contribution < 1.29 is 29.0 Å². The monoisotopic (exact) mass is 470 g/mol. The highest BCUT2D eigenvalue weighted by atomic mass is 19.1. The number of carbonyl (C=O) groups is 3. The normalized spacial score (nSPS) is 19.3. The molecule has 2 aliphatic rings. The highest BCUT2D eigenvalue weighted by Crippen LogP contribution is 2.34. The molecule has 0 saturated carbocycles. The van der Waals surface area contributed by atoms with Gasteiger partial charge in [-0.25, -0.2) is 4.39 Å². The zero-order valence-electron chi connectivity index (χ0n) is 18.9. The van der Waals surface area contributed by atoms with Crippen LogP contribution in [-0.2, 0) is 9.59 Å². The number of nitrogens with zero attached hydrogens (tertiary/aromatic N) is 1. The maximum absolute atomic E-state index is 13.7. The van der Waals surface area contributed by atoms with Gasteiger partial charge < -0.3 is 30.7 Å². The van der Waals surface area contributed by atoms with Gasteiger partial charge in [0.1, 0.15) is 11.9 Å². The highest BCUT2D eigenvalue weighted by molar-refractivity contribution is 6.34. The Kier molecular flexibility index (Phi) is 6.54. The van der Waals surface area contributed by atoms with Crippen molar-refractivity contribution in [3.63, 3.8) is 0 Å². The third kappa shape index (κ3) is 4.59. The SMILES string of the molecule is Cc1[nH]c(/C=C2\C(=O)Nc3ccc(F)cc32)c(C)c1C(=O)NCC[C@H](O)C(=O)N1CCC(O)C1. The van der Waals surface area contributed by atoms with E-state index >= 15 is 0 Å². The molecule has 3 amide bonds. The first-order chi connectivity index (χ1) is 16.2. The Hall–Kier alpha value is -3.50. The van der Waals surface area contributed by atoms with Gasteiger partial charge in [-0.1, -0.05) is 0 Å². The van der Waals surface area contributed by atoms with E-state index in [2.05, 4.69) is 15.6 Å². The number of anilines is 1. The summed E-state index contributed by atoms with van der Waals surface area (Å²) in [5, 5.41) is 25.1. The molecule has 180 valence electrons. The second-order valence-electron chi connectivity index (χ2n) is 8.65. The second-order valence-corrected chi connectivity index (χ2v) is 8.65. The largest absolute Gasteiger partial charge is 0.391 e. The summed E-state index contributed by atoms with van der Waals surface area (Å²) in [7, 11) is 0. The van der Waals surface area contributed by atoms with Crippen LogP contribution in [0.1, 0.15) is 45.7 Å². The van der Waals surface area contributed by atoms with Gasteiger partial charge >= 0.3 is 0 Å². The molecular formula is C24H27FN4O5. The van der Waals surface area contributed by atoms with E-state index in [0.717, 1.165) is 0 Å². The number of aryl methyl sites for hydroxylation is 1. The summed E-state index contributed by atoms with van der Waals surface area (Å²) in [6.45, 7) is 4.15. The van der Waals surface area contributed by atoms with Gasteiger partial charge in [0.05, 0.1) is 17.2 Å². The van der Waals surface area contributed by atoms with Crippen molar-refractivity contribution in [1.29, 1.82) is 0 Å². The molecule has 9 nitrogen and oxygen atoms in total. The number of nitrogens with one attached hydrogen (secondary N) is 3. The first-order valence-electron chi connectivity index (χ1n) is 11.1. The molecule has 0 aliphatic carbocycles. The summed E-state index contributed by atoms with van der Waals surface area (Å²) in [5.41, 5.74) is 3.41. The van der Waals surface area contributed by atoms with Crippen molar-refractivity contribution in [1.82, 2.24) is 15.2 Å². The van der Waals surface area contributed by atoms with Gasteiger partial charge in [0, 0.05) is 42.3 Å². The number of aliphatic hydroxyl groups excluding tert-OH is 2. The molecule has 5 N–H and O–H groups in total. The predicted molar refractivity (Wildman–Crippen MR) is 123 cm³/mol. The number of hydrogen-bond acceptors (Lipinski definition) is 5. The van der Waals surface area contributed by atoms with Crippen LogP contribution in [-0.4, -0.2) is 69.7 Å². The maximum atomic E-state index is 13.7. The number of β-amino-alcohol motifs (C(OH)–C–C–N with tert-alkyl or cyclic N) is 1. The lowest BCUT2D eigenvalue weighted by Gasteiger charge is -2.19. The van der Waals surface area contributed by atoms with E-state index in [1.807, 2.05) is 0 Å². The number of aromatic amines is 1. The maximum Gasteiger partial charge on any atom is 0.256 e. The van der Waals surface area contributed by atoms with Gasteiger partial charge in [0.2, 0.25) is 0 Å². The van der Waals surface area contributed by atoms with E-state index < -0.39 is 23.9 Å². The molecule has 4 rings (SSSR count). The smallest absolute Gasteiger partial charge is 0.256 e. The fraction of sp³-hybridized carbons (Fsp3) is 0.375. The van der Waals surface area contributed by atoms with E-state index in [9.17, 15) is 29.0 Å². The summed E-state index contributed by atoms with van der Waals surface area (Å²) >= 11 is 0. The topological polar surface area (TPSA) is 135 Å². The molecule has 1 unspecified atom stereocenters. The number of halogens is 1. The Labute approximate surface area is 195 Å². The minimum atomic E-state index is -1.26. The van der Waals surface area contributed by atoms with Crippen molar-refractivity contribution >= 4 is 35.1 Å². The van der Waals surface area contributed by atoms with Crippen LogP contribution in [0.4, 0.5) is 10.1 Å². The molecule has 2 atom stereocenters. The number of benzene rings is 1. The molecule has 2 aliphatic heterocycles. The van der Waals surface area contributed by atoms with Crippen LogP contribution in [0.25, 0.3) is 11.6 Å². The molecule has 0 radical (unpaired) electrons. The van der Waals surface area contributed by atoms with Crippen LogP contribution >= 0.6 is 0 Å². The lowest BCUT2D eigenvalue weighted by Crippen LogP contribution is -2.40. The Balaban J connectivity index is 1.43. The molecule has 3 heterocycles. The number of rotatable bonds is 6. The summed E-state index contributed by atoms with van der Waals surface area (Å²) < 4.78 is 13.7. The number of likely N-dealkylation sites (tertiary alicyclic amines) is 1. The first-order valence-corrected chi connectivity index (χ1v) is 11.1. The van der Waals surface area contributed by atoms with Gasteiger partial charge in [-0.2, -0.15) is 0 Å². The highest BCUT2D eigenvalue weighted by Gasteiger charge is 2.29. The minimum absolute atomic E-state index is 0.0408. The Morgan fingerprint density at radius 3 is 2.82 bits per heavy atom. The third-order valence-corrected chi connectivity index (χ3v) is 6.22. The van der Waals surface area contributed by atoms with Gasteiger partial charge in [-0.3, -0.25) is 14.4 Å². The van der Waals surface area contributed by atoms with Crippen molar-refractivity contribution in [2.75, 3.05) is 25.0 Å². The lowest BCUT2D eigenvalue weighted by atomic mass is 10.0. The summed E-state index contributed by atoms with van der Waals surface area (Å²) in [5.74, 6) is -1.65. The number of hydrogen-bond donors (Lipinski definition) is 5. The molecule has 0 spiro atoms. The molecular weight excluding hydrogens is 443 g/mol.